The number of hydrogen-bond donors (Lipinski definition) is 0. The Hall–Kier alpha value is -1.93. The third-order valence-electron chi connectivity index (χ3n) is 2.98. The van der Waals surface area contributed by atoms with Crippen molar-refractivity contribution in [1.29, 1.82) is 5.26 Å². The quantitative estimate of drug-likeness (QED) is 0.764. The Kier molecular flexibility index (Phi) is 3.58. The van der Waals surface area contributed by atoms with Crippen LogP contribution >= 0.6 is 0 Å². The maximum atomic E-state index is 13.2. The Morgan fingerprint density at radius 2 is 2.33 bits per heavy atom. The summed E-state index contributed by atoms with van der Waals surface area (Å²) in [6.45, 7) is 0.952. The number of carbonyl (C=O) groups is 1. The standard InChI is InChI=1S/C13H13FN2O2/c1-18-6-2-5-16-12(8-15)11-7-9(14)3-4-10(11)13(16)17/h3-4,7,12H,2,5-6H2,1H3. The summed E-state index contributed by atoms with van der Waals surface area (Å²) >= 11 is 0. The van der Waals surface area contributed by atoms with E-state index in [4.69, 9.17) is 10.00 Å². The first-order valence-electron chi connectivity index (χ1n) is 5.68. The van der Waals surface area contributed by atoms with Gasteiger partial charge in [0.15, 0.2) is 0 Å². The molecular weight excluding hydrogens is 235 g/mol. The zero-order valence-electron chi connectivity index (χ0n) is 10.0. The molecule has 0 radical (unpaired) electrons. The second-order valence-electron chi connectivity index (χ2n) is 4.11. The van der Waals surface area contributed by atoms with Gasteiger partial charge < -0.3 is 9.64 Å². The summed E-state index contributed by atoms with van der Waals surface area (Å²) in [5, 5.41) is 9.15. The number of nitriles is 1. The highest BCUT2D eigenvalue weighted by molar-refractivity contribution is 5.99. The highest BCUT2D eigenvalue weighted by Gasteiger charge is 2.36. The van der Waals surface area contributed by atoms with E-state index in [0.717, 1.165) is 0 Å². The van der Waals surface area contributed by atoms with Gasteiger partial charge in [-0.1, -0.05) is 0 Å². The molecule has 94 valence electrons. The average Bonchev–Trinajstić information content (AvgIpc) is 2.62. The van der Waals surface area contributed by atoms with Crippen LogP contribution in [0.15, 0.2) is 18.2 Å². The second kappa shape index (κ2) is 5.15. The van der Waals surface area contributed by atoms with E-state index in [1.165, 1.54) is 23.1 Å². The zero-order chi connectivity index (χ0) is 13.1. The molecule has 0 bridgehead atoms. The minimum absolute atomic E-state index is 0.215. The minimum Gasteiger partial charge on any atom is -0.385 e. The highest BCUT2D eigenvalue weighted by atomic mass is 19.1. The summed E-state index contributed by atoms with van der Waals surface area (Å²) in [5.41, 5.74) is 0.875. The Bertz CT molecular complexity index is 510. The van der Waals surface area contributed by atoms with Crippen molar-refractivity contribution in [3.63, 3.8) is 0 Å². The molecule has 1 unspecified atom stereocenters. The van der Waals surface area contributed by atoms with E-state index in [1.54, 1.807) is 7.11 Å². The summed E-state index contributed by atoms with van der Waals surface area (Å²) < 4.78 is 18.1. The van der Waals surface area contributed by atoms with Crippen molar-refractivity contribution in [3.05, 3.63) is 35.1 Å². The third-order valence-corrected chi connectivity index (χ3v) is 2.98. The average molecular weight is 248 g/mol. The molecule has 1 atom stereocenters. The van der Waals surface area contributed by atoms with E-state index < -0.39 is 11.9 Å². The number of rotatable bonds is 4. The number of benzene rings is 1. The lowest BCUT2D eigenvalue weighted by Gasteiger charge is -2.19. The molecule has 0 aromatic heterocycles. The molecule has 18 heavy (non-hydrogen) atoms. The molecule has 0 spiro atoms. The summed E-state index contributed by atoms with van der Waals surface area (Å²) in [6, 6.07) is 5.30. The van der Waals surface area contributed by atoms with E-state index in [9.17, 15) is 9.18 Å². The molecule has 1 aromatic carbocycles. The number of amides is 1. The molecule has 1 aliphatic rings. The van der Waals surface area contributed by atoms with Crippen LogP contribution in [-0.4, -0.2) is 31.1 Å². The van der Waals surface area contributed by atoms with E-state index in [0.29, 0.717) is 30.7 Å². The van der Waals surface area contributed by atoms with E-state index in [2.05, 4.69) is 6.07 Å². The maximum absolute atomic E-state index is 13.2. The molecule has 1 amide bonds. The summed E-state index contributed by atoms with van der Waals surface area (Å²) in [5.74, 6) is -0.645. The molecule has 2 rings (SSSR count). The van der Waals surface area contributed by atoms with Crippen LogP contribution in [0.25, 0.3) is 0 Å². The van der Waals surface area contributed by atoms with Crippen LogP contribution in [0.5, 0.6) is 0 Å². The van der Waals surface area contributed by atoms with Gasteiger partial charge in [-0.05, 0) is 24.6 Å². The Balaban J connectivity index is 2.26. The summed E-state index contributed by atoms with van der Waals surface area (Å²) in [4.78, 5) is 13.5. The van der Waals surface area contributed by atoms with E-state index in [1.807, 2.05) is 0 Å². The fraction of sp³-hybridized carbons (Fsp3) is 0.385. The number of ether oxygens (including phenoxy) is 1. The molecule has 5 heteroatoms. The largest absolute Gasteiger partial charge is 0.385 e. The first-order valence-corrected chi connectivity index (χ1v) is 5.68. The first kappa shape index (κ1) is 12.5. The number of nitrogens with zero attached hydrogens (tertiary/aromatic N) is 2. The minimum atomic E-state index is -0.694. The van der Waals surface area contributed by atoms with Crippen molar-refractivity contribution in [3.8, 4) is 6.07 Å². The zero-order valence-corrected chi connectivity index (χ0v) is 10.0. The van der Waals surface area contributed by atoms with Gasteiger partial charge in [0.2, 0.25) is 0 Å². The Labute approximate surface area is 105 Å². The van der Waals surface area contributed by atoms with Gasteiger partial charge in [0.05, 0.1) is 6.07 Å². The van der Waals surface area contributed by atoms with Crippen LogP contribution in [-0.2, 0) is 4.74 Å². The van der Waals surface area contributed by atoms with Crippen molar-refractivity contribution in [2.75, 3.05) is 20.3 Å². The predicted octanol–water partition coefficient (Wildman–Crippen LogP) is 1.88. The van der Waals surface area contributed by atoms with Crippen LogP contribution in [0.4, 0.5) is 4.39 Å². The molecule has 0 N–H and O–H groups in total. The van der Waals surface area contributed by atoms with Gasteiger partial charge in [-0.25, -0.2) is 4.39 Å². The molecule has 0 fully saturated rings. The van der Waals surface area contributed by atoms with Crippen LogP contribution in [0.1, 0.15) is 28.4 Å². The smallest absolute Gasteiger partial charge is 0.255 e. The lowest BCUT2D eigenvalue weighted by Crippen LogP contribution is -2.29. The topological polar surface area (TPSA) is 53.3 Å². The van der Waals surface area contributed by atoms with Gasteiger partial charge in [-0.15, -0.1) is 0 Å². The predicted molar refractivity (Wildman–Crippen MR) is 62.3 cm³/mol. The SMILES string of the molecule is COCCCN1C(=O)c2ccc(F)cc2C1C#N. The third kappa shape index (κ3) is 2.07. The van der Waals surface area contributed by atoms with Crippen molar-refractivity contribution < 1.29 is 13.9 Å². The molecule has 1 heterocycles. The van der Waals surface area contributed by atoms with E-state index in [-0.39, 0.29) is 5.91 Å². The monoisotopic (exact) mass is 248 g/mol. The summed E-state index contributed by atoms with van der Waals surface area (Å²) in [6.07, 6.45) is 0.650. The summed E-state index contributed by atoms with van der Waals surface area (Å²) in [7, 11) is 1.58. The van der Waals surface area contributed by atoms with Crippen LogP contribution in [0.2, 0.25) is 0 Å². The lowest BCUT2D eigenvalue weighted by molar-refractivity contribution is 0.0737. The molecule has 4 nitrogen and oxygen atoms in total. The number of methoxy groups -OCH3 is 1. The van der Waals surface area contributed by atoms with Crippen molar-refractivity contribution >= 4 is 5.91 Å². The normalized spacial score (nSPS) is 17.7. The number of halogens is 1. The van der Waals surface area contributed by atoms with Crippen molar-refractivity contribution in [2.45, 2.75) is 12.5 Å². The van der Waals surface area contributed by atoms with E-state index >= 15 is 0 Å². The molecule has 0 saturated heterocycles. The second-order valence-corrected chi connectivity index (χ2v) is 4.11. The van der Waals surface area contributed by atoms with Crippen LogP contribution in [0, 0.1) is 17.1 Å². The number of carbonyl (C=O) groups excluding carboxylic acids is 1. The fourth-order valence-corrected chi connectivity index (χ4v) is 2.14. The molecule has 0 aliphatic carbocycles. The van der Waals surface area contributed by atoms with Crippen LogP contribution < -0.4 is 0 Å². The number of fused-ring (bicyclic) bond motifs is 1. The molecule has 1 aliphatic heterocycles. The van der Waals surface area contributed by atoms with Crippen LogP contribution in [0.3, 0.4) is 0 Å². The van der Waals surface area contributed by atoms with Gasteiger partial charge in [-0.2, -0.15) is 5.26 Å². The molecule has 0 saturated carbocycles. The Morgan fingerprint density at radius 1 is 1.56 bits per heavy atom. The maximum Gasteiger partial charge on any atom is 0.255 e. The van der Waals surface area contributed by atoms with Gasteiger partial charge in [-0.3, -0.25) is 4.79 Å². The van der Waals surface area contributed by atoms with Gasteiger partial charge >= 0.3 is 0 Å². The Morgan fingerprint density at radius 3 is 3.00 bits per heavy atom. The lowest BCUT2D eigenvalue weighted by atomic mass is 10.1. The molecule has 1 aromatic rings. The van der Waals surface area contributed by atoms with Gasteiger partial charge in [0, 0.05) is 31.4 Å². The molecular formula is C13H13FN2O2. The highest BCUT2D eigenvalue weighted by Crippen LogP contribution is 2.33. The van der Waals surface area contributed by atoms with Gasteiger partial charge in [0.25, 0.3) is 5.91 Å². The van der Waals surface area contributed by atoms with Crippen molar-refractivity contribution in [1.82, 2.24) is 4.90 Å². The fourth-order valence-electron chi connectivity index (χ4n) is 2.14. The first-order chi connectivity index (χ1) is 8.69. The van der Waals surface area contributed by atoms with Gasteiger partial charge in [0.1, 0.15) is 11.9 Å². The number of hydrogen-bond acceptors (Lipinski definition) is 3. The van der Waals surface area contributed by atoms with Crippen molar-refractivity contribution in [2.24, 2.45) is 0 Å².